The van der Waals surface area contributed by atoms with Gasteiger partial charge in [0.1, 0.15) is 0 Å². The van der Waals surface area contributed by atoms with E-state index in [1.807, 2.05) is 12.1 Å². The summed E-state index contributed by atoms with van der Waals surface area (Å²) in [7, 11) is 1.43. The summed E-state index contributed by atoms with van der Waals surface area (Å²) in [6.07, 6.45) is 2.95. The number of hydrogen-bond acceptors (Lipinski definition) is 3. The van der Waals surface area contributed by atoms with Crippen LogP contribution in [-0.4, -0.2) is 25.3 Å². The Morgan fingerprint density at radius 2 is 2.10 bits per heavy atom. The highest BCUT2D eigenvalue weighted by molar-refractivity contribution is 6.42. The molecule has 0 spiro atoms. The minimum absolute atomic E-state index is 0.0411. The molecule has 2 aliphatic heterocycles. The lowest BCUT2D eigenvalue weighted by Crippen LogP contribution is -2.39. The quantitative estimate of drug-likeness (QED) is 0.778. The monoisotopic (exact) mass is 314 g/mol. The second kappa shape index (κ2) is 5.55. The smallest absolute Gasteiger partial charge is 0.311 e. The molecule has 1 aromatic carbocycles. The zero-order valence-electron chi connectivity index (χ0n) is 11.1. The third kappa shape index (κ3) is 2.43. The Hall–Kier alpha value is -0.770. The molecule has 0 radical (unpaired) electrons. The fraction of sp³-hybridized carbons (Fsp3) is 0.533. The van der Waals surface area contributed by atoms with E-state index in [9.17, 15) is 4.79 Å². The maximum Gasteiger partial charge on any atom is 0.311 e. The molecule has 5 heteroatoms. The predicted octanol–water partition coefficient (Wildman–Crippen LogP) is 3.82. The minimum Gasteiger partial charge on any atom is -0.469 e. The summed E-state index contributed by atoms with van der Waals surface area (Å²) in [4.78, 5) is 12.1. The van der Waals surface area contributed by atoms with Gasteiger partial charge in [-0.05, 0) is 37.0 Å². The van der Waals surface area contributed by atoms with E-state index in [2.05, 4.69) is 0 Å². The van der Waals surface area contributed by atoms with Crippen molar-refractivity contribution in [2.45, 2.75) is 37.4 Å². The van der Waals surface area contributed by atoms with Crippen LogP contribution < -0.4 is 0 Å². The summed E-state index contributed by atoms with van der Waals surface area (Å²) in [6.45, 7) is 0. The van der Waals surface area contributed by atoms with E-state index in [-0.39, 0.29) is 30.0 Å². The number of fused-ring (bicyclic) bond motifs is 2. The molecule has 108 valence electrons. The third-order valence-corrected chi connectivity index (χ3v) is 5.08. The molecule has 0 saturated carbocycles. The number of benzene rings is 1. The van der Waals surface area contributed by atoms with E-state index in [0.717, 1.165) is 24.8 Å². The van der Waals surface area contributed by atoms with Gasteiger partial charge in [-0.1, -0.05) is 29.3 Å². The second-order valence-electron chi connectivity index (χ2n) is 5.44. The normalized spacial score (nSPS) is 32.1. The van der Waals surface area contributed by atoms with Crippen molar-refractivity contribution in [2.24, 2.45) is 5.92 Å². The van der Waals surface area contributed by atoms with E-state index >= 15 is 0 Å². The molecule has 2 heterocycles. The maximum atomic E-state index is 12.1. The molecule has 2 aliphatic rings. The maximum absolute atomic E-state index is 12.1. The van der Waals surface area contributed by atoms with E-state index in [0.29, 0.717) is 10.0 Å². The van der Waals surface area contributed by atoms with Crippen LogP contribution in [0.2, 0.25) is 10.0 Å². The number of rotatable bonds is 2. The average molecular weight is 315 g/mol. The van der Waals surface area contributed by atoms with E-state index in [1.165, 1.54) is 7.11 Å². The molecule has 1 aromatic rings. The van der Waals surface area contributed by atoms with Crippen molar-refractivity contribution in [1.29, 1.82) is 0 Å². The van der Waals surface area contributed by atoms with Crippen molar-refractivity contribution in [3.05, 3.63) is 33.8 Å². The molecule has 2 bridgehead atoms. The van der Waals surface area contributed by atoms with Crippen molar-refractivity contribution < 1.29 is 14.3 Å². The van der Waals surface area contributed by atoms with Crippen LogP contribution in [0.15, 0.2) is 18.2 Å². The minimum atomic E-state index is -0.254. The molecule has 0 amide bonds. The number of ether oxygens (including phenoxy) is 2. The van der Waals surface area contributed by atoms with Crippen molar-refractivity contribution in [3.8, 4) is 0 Å². The number of hydrogen-bond donors (Lipinski definition) is 0. The highest BCUT2D eigenvalue weighted by atomic mass is 35.5. The molecule has 2 fully saturated rings. The topological polar surface area (TPSA) is 35.5 Å². The van der Waals surface area contributed by atoms with Crippen LogP contribution in [0.3, 0.4) is 0 Å². The molecule has 3 rings (SSSR count). The first-order chi connectivity index (χ1) is 9.60. The summed E-state index contributed by atoms with van der Waals surface area (Å²) in [5, 5.41) is 1.05. The van der Waals surface area contributed by atoms with Gasteiger partial charge in [-0.15, -0.1) is 0 Å². The Morgan fingerprint density at radius 3 is 2.80 bits per heavy atom. The fourth-order valence-corrected chi connectivity index (χ4v) is 3.71. The molecule has 0 aromatic heterocycles. The number of carbonyl (C=O) groups excluding carboxylic acids is 1. The SMILES string of the molecule is COC(=O)[C@@H]1[C@H]2CCC(C[C@H]1c1ccc(Cl)c(Cl)c1)O2. The molecule has 3 nitrogen and oxygen atoms in total. The van der Waals surface area contributed by atoms with Crippen LogP contribution in [-0.2, 0) is 14.3 Å². The van der Waals surface area contributed by atoms with Gasteiger partial charge in [0.15, 0.2) is 0 Å². The number of methoxy groups -OCH3 is 1. The molecule has 0 aliphatic carbocycles. The number of esters is 1. The Bertz CT molecular complexity index is 532. The Kier molecular flexibility index (Phi) is 3.93. The van der Waals surface area contributed by atoms with Gasteiger partial charge in [0.05, 0.1) is 35.3 Å². The summed E-state index contributed by atoms with van der Waals surface area (Å²) < 4.78 is 10.8. The van der Waals surface area contributed by atoms with Gasteiger partial charge in [-0.25, -0.2) is 0 Å². The summed E-state index contributed by atoms with van der Waals surface area (Å²) in [6, 6.07) is 5.58. The average Bonchev–Trinajstić information content (AvgIpc) is 2.82. The van der Waals surface area contributed by atoms with Gasteiger partial charge in [-0.3, -0.25) is 4.79 Å². The molecule has 1 unspecified atom stereocenters. The van der Waals surface area contributed by atoms with Crippen molar-refractivity contribution >= 4 is 29.2 Å². The van der Waals surface area contributed by atoms with E-state index in [4.69, 9.17) is 32.7 Å². The molecular formula is C15H16Cl2O3. The van der Waals surface area contributed by atoms with E-state index in [1.54, 1.807) is 6.07 Å². The van der Waals surface area contributed by atoms with Gasteiger partial charge < -0.3 is 9.47 Å². The van der Waals surface area contributed by atoms with Crippen LogP contribution in [0.1, 0.15) is 30.7 Å². The Morgan fingerprint density at radius 1 is 1.30 bits per heavy atom. The van der Waals surface area contributed by atoms with E-state index < -0.39 is 0 Å². The van der Waals surface area contributed by atoms with Crippen molar-refractivity contribution in [1.82, 2.24) is 0 Å². The Labute approximate surface area is 128 Å². The van der Waals surface area contributed by atoms with Gasteiger partial charge in [0, 0.05) is 5.92 Å². The first-order valence-corrected chi connectivity index (χ1v) is 7.54. The third-order valence-electron chi connectivity index (χ3n) is 4.34. The van der Waals surface area contributed by atoms with Crippen LogP contribution in [0, 0.1) is 5.92 Å². The molecule has 0 N–H and O–H groups in total. The summed E-state index contributed by atoms with van der Waals surface area (Å²) in [5.74, 6) is -0.370. The zero-order chi connectivity index (χ0) is 14.3. The summed E-state index contributed by atoms with van der Waals surface area (Å²) in [5.41, 5.74) is 1.04. The van der Waals surface area contributed by atoms with Gasteiger partial charge in [0.2, 0.25) is 0 Å². The number of halogens is 2. The van der Waals surface area contributed by atoms with Gasteiger partial charge in [-0.2, -0.15) is 0 Å². The number of carbonyl (C=O) groups is 1. The Balaban J connectivity index is 1.96. The lowest BCUT2D eigenvalue weighted by molar-refractivity contribution is -0.156. The highest BCUT2D eigenvalue weighted by Crippen LogP contribution is 2.46. The van der Waals surface area contributed by atoms with Crippen molar-refractivity contribution in [3.63, 3.8) is 0 Å². The van der Waals surface area contributed by atoms with Crippen LogP contribution in [0.5, 0.6) is 0 Å². The second-order valence-corrected chi connectivity index (χ2v) is 6.25. The largest absolute Gasteiger partial charge is 0.469 e. The van der Waals surface area contributed by atoms with Gasteiger partial charge >= 0.3 is 5.97 Å². The highest BCUT2D eigenvalue weighted by Gasteiger charge is 2.47. The van der Waals surface area contributed by atoms with Crippen LogP contribution in [0.25, 0.3) is 0 Å². The zero-order valence-corrected chi connectivity index (χ0v) is 12.7. The van der Waals surface area contributed by atoms with Crippen LogP contribution >= 0.6 is 23.2 Å². The molecule has 2 saturated heterocycles. The lowest BCUT2D eigenvalue weighted by atomic mass is 9.79. The van der Waals surface area contributed by atoms with Gasteiger partial charge in [0.25, 0.3) is 0 Å². The lowest BCUT2D eigenvalue weighted by Gasteiger charge is -2.35. The molecular weight excluding hydrogens is 299 g/mol. The first-order valence-electron chi connectivity index (χ1n) is 6.78. The van der Waals surface area contributed by atoms with Crippen LogP contribution in [0.4, 0.5) is 0 Å². The molecule has 20 heavy (non-hydrogen) atoms. The molecule has 4 atom stereocenters. The fourth-order valence-electron chi connectivity index (χ4n) is 3.40. The predicted molar refractivity (Wildman–Crippen MR) is 77.2 cm³/mol. The van der Waals surface area contributed by atoms with Crippen molar-refractivity contribution in [2.75, 3.05) is 7.11 Å². The first kappa shape index (κ1) is 14.2. The summed E-state index contributed by atoms with van der Waals surface area (Å²) >= 11 is 12.1. The standard InChI is InChI=1S/C15H16Cl2O3/c1-19-15(18)14-10(7-9-3-5-13(14)20-9)8-2-4-11(16)12(17)6-8/h2,4,6,9-10,13-14H,3,5,7H2,1H3/t9?,10-,13+,14-/m0/s1.